The summed E-state index contributed by atoms with van der Waals surface area (Å²) >= 11 is 6.28. The van der Waals surface area contributed by atoms with Crippen molar-refractivity contribution >= 4 is 27.5 Å². The lowest BCUT2D eigenvalue weighted by molar-refractivity contribution is -0.0731. The molecule has 1 amide bonds. The molecule has 0 spiro atoms. The number of sulfonamides is 1. The van der Waals surface area contributed by atoms with E-state index in [1.165, 1.54) is 29.6 Å². The Bertz CT molecular complexity index is 891. The van der Waals surface area contributed by atoms with E-state index in [0.29, 0.717) is 25.2 Å². The first kappa shape index (κ1) is 22.1. The van der Waals surface area contributed by atoms with Crippen LogP contribution >= 0.6 is 11.6 Å². The summed E-state index contributed by atoms with van der Waals surface area (Å²) in [5.41, 5.74) is 0.362. The lowest BCUT2D eigenvalue weighted by Gasteiger charge is -2.60. The fraction of sp³-hybridized carbons (Fsp3) is 0.696. The zero-order valence-corrected chi connectivity index (χ0v) is 19.8. The molecule has 0 aliphatic heterocycles. The number of carbonyl (C=O) groups is 1. The van der Waals surface area contributed by atoms with Crippen LogP contribution in [0.3, 0.4) is 0 Å². The molecule has 0 heterocycles. The third kappa shape index (κ3) is 3.59. The fourth-order valence-corrected chi connectivity index (χ4v) is 8.74. The highest BCUT2D eigenvalue weighted by Crippen LogP contribution is 2.58. The summed E-state index contributed by atoms with van der Waals surface area (Å²) in [6.45, 7) is 7.01. The molecule has 0 aromatic heterocycles. The van der Waals surface area contributed by atoms with E-state index < -0.39 is 10.0 Å². The van der Waals surface area contributed by atoms with Crippen LogP contribution < -0.4 is 0 Å². The fourth-order valence-electron chi connectivity index (χ4n) is 6.78. The highest BCUT2D eigenvalue weighted by molar-refractivity contribution is 7.89. The van der Waals surface area contributed by atoms with Crippen LogP contribution in [0, 0.1) is 17.8 Å². The lowest BCUT2D eigenvalue weighted by Crippen LogP contribution is -2.61. The summed E-state index contributed by atoms with van der Waals surface area (Å²) < 4.78 is 27.5. The number of benzene rings is 1. The van der Waals surface area contributed by atoms with Gasteiger partial charge in [-0.15, -0.1) is 0 Å². The Hall–Kier alpha value is -1.11. The molecule has 5 rings (SSSR count). The van der Waals surface area contributed by atoms with Crippen molar-refractivity contribution in [2.24, 2.45) is 17.8 Å². The third-order valence-corrected chi connectivity index (χ3v) is 10.2. The summed E-state index contributed by atoms with van der Waals surface area (Å²) in [6, 6.07) is 4.72. The van der Waals surface area contributed by atoms with Crippen molar-refractivity contribution in [1.29, 1.82) is 0 Å². The van der Waals surface area contributed by atoms with E-state index in [2.05, 4.69) is 4.90 Å². The number of hydrogen-bond donors (Lipinski definition) is 0. The van der Waals surface area contributed by atoms with Gasteiger partial charge in [0.15, 0.2) is 0 Å². The third-order valence-electron chi connectivity index (χ3n) is 7.64. The molecule has 0 N–H and O–H groups in total. The van der Waals surface area contributed by atoms with Gasteiger partial charge in [-0.2, -0.15) is 4.31 Å². The number of rotatable bonds is 7. The van der Waals surface area contributed by atoms with E-state index in [-0.39, 0.29) is 21.4 Å². The predicted molar refractivity (Wildman–Crippen MR) is 119 cm³/mol. The van der Waals surface area contributed by atoms with Gasteiger partial charge in [0, 0.05) is 30.7 Å². The highest BCUT2D eigenvalue weighted by Gasteiger charge is 2.54. The van der Waals surface area contributed by atoms with Gasteiger partial charge in [-0.05, 0) is 81.4 Å². The van der Waals surface area contributed by atoms with Gasteiger partial charge in [0.1, 0.15) is 4.90 Å². The molecule has 0 radical (unpaired) electrons. The first-order valence-electron chi connectivity index (χ1n) is 11.4. The minimum absolute atomic E-state index is 0.0280. The lowest BCUT2D eigenvalue weighted by atomic mass is 9.52. The number of nitrogens with zero attached hydrogens (tertiary/aromatic N) is 2. The van der Waals surface area contributed by atoms with Crippen molar-refractivity contribution in [3.05, 3.63) is 28.8 Å². The molecule has 7 heteroatoms. The molecule has 0 unspecified atom stereocenters. The Morgan fingerprint density at radius 2 is 1.53 bits per heavy atom. The summed E-state index contributed by atoms with van der Waals surface area (Å²) in [4.78, 5) is 15.7. The maximum absolute atomic E-state index is 13.7. The van der Waals surface area contributed by atoms with Crippen LogP contribution in [-0.2, 0) is 10.0 Å². The topological polar surface area (TPSA) is 57.7 Å². The van der Waals surface area contributed by atoms with E-state index in [0.717, 1.165) is 37.0 Å². The molecular weight excluding hydrogens is 420 g/mol. The average Bonchev–Trinajstić information content (AvgIpc) is 2.68. The predicted octanol–water partition coefficient (Wildman–Crippen LogP) is 4.80. The minimum Gasteiger partial charge on any atom is -0.333 e. The summed E-state index contributed by atoms with van der Waals surface area (Å²) in [6.07, 6.45) is 7.24. The average molecular weight is 453 g/mol. The van der Waals surface area contributed by atoms with Crippen molar-refractivity contribution in [2.45, 2.75) is 69.7 Å². The number of halogens is 1. The van der Waals surface area contributed by atoms with Crippen LogP contribution in [0.5, 0.6) is 0 Å². The van der Waals surface area contributed by atoms with Crippen LogP contribution in [0.15, 0.2) is 23.1 Å². The quantitative estimate of drug-likeness (QED) is 0.596. The van der Waals surface area contributed by atoms with Crippen LogP contribution in [0.4, 0.5) is 0 Å². The molecule has 4 fully saturated rings. The molecule has 5 nitrogen and oxygen atoms in total. The maximum Gasteiger partial charge on any atom is 0.254 e. The Balaban J connectivity index is 1.68. The van der Waals surface area contributed by atoms with Crippen molar-refractivity contribution < 1.29 is 13.2 Å². The second-order valence-corrected chi connectivity index (χ2v) is 11.7. The molecule has 4 saturated carbocycles. The van der Waals surface area contributed by atoms with Crippen molar-refractivity contribution in [1.82, 2.24) is 9.21 Å². The molecule has 4 aliphatic rings. The van der Waals surface area contributed by atoms with Gasteiger partial charge in [0.25, 0.3) is 5.91 Å². The minimum atomic E-state index is -3.73. The Morgan fingerprint density at radius 1 is 1.00 bits per heavy atom. The number of hydrogen-bond acceptors (Lipinski definition) is 3. The molecule has 1 aromatic rings. The van der Waals surface area contributed by atoms with Crippen molar-refractivity contribution in [3.8, 4) is 0 Å². The first-order valence-corrected chi connectivity index (χ1v) is 13.2. The van der Waals surface area contributed by atoms with Gasteiger partial charge in [0.05, 0.1) is 5.02 Å². The summed E-state index contributed by atoms with van der Waals surface area (Å²) in [5, 5.41) is 0.163. The molecule has 4 bridgehead atoms. The molecule has 0 saturated heterocycles. The summed E-state index contributed by atoms with van der Waals surface area (Å²) in [5.74, 6) is 2.15. The van der Waals surface area contributed by atoms with Crippen LogP contribution in [0.2, 0.25) is 5.02 Å². The molecule has 1 aromatic carbocycles. The zero-order chi connectivity index (χ0) is 21.7. The van der Waals surface area contributed by atoms with Crippen LogP contribution in [0.1, 0.15) is 69.7 Å². The van der Waals surface area contributed by atoms with Crippen LogP contribution in [-0.4, -0.2) is 48.7 Å². The summed E-state index contributed by atoms with van der Waals surface area (Å²) in [7, 11) is -3.73. The monoisotopic (exact) mass is 452 g/mol. The van der Waals surface area contributed by atoms with Gasteiger partial charge in [-0.25, -0.2) is 8.42 Å². The van der Waals surface area contributed by atoms with Gasteiger partial charge < -0.3 is 4.90 Å². The SMILES string of the molecule is CCN(C(=O)c1ccc(Cl)c(S(=O)(=O)N(CC)CC)c1)C12CC3CC(CC(C3)C1)C2. The highest BCUT2D eigenvalue weighted by atomic mass is 35.5. The maximum atomic E-state index is 13.7. The van der Waals surface area contributed by atoms with Gasteiger partial charge >= 0.3 is 0 Å². The zero-order valence-electron chi connectivity index (χ0n) is 18.2. The molecule has 30 heavy (non-hydrogen) atoms. The molecule has 166 valence electrons. The Morgan fingerprint density at radius 3 is 2.00 bits per heavy atom. The van der Waals surface area contributed by atoms with Gasteiger partial charge in [-0.1, -0.05) is 25.4 Å². The second kappa shape index (κ2) is 8.10. The van der Waals surface area contributed by atoms with Gasteiger partial charge in [-0.3, -0.25) is 4.79 Å². The van der Waals surface area contributed by atoms with E-state index >= 15 is 0 Å². The smallest absolute Gasteiger partial charge is 0.254 e. The van der Waals surface area contributed by atoms with Crippen molar-refractivity contribution in [3.63, 3.8) is 0 Å². The van der Waals surface area contributed by atoms with Gasteiger partial charge in [0.2, 0.25) is 10.0 Å². The Labute approximate surface area is 185 Å². The van der Waals surface area contributed by atoms with E-state index in [1.807, 2.05) is 6.92 Å². The number of amides is 1. The van der Waals surface area contributed by atoms with Crippen molar-refractivity contribution in [2.75, 3.05) is 19.6 Å². The standard InChI is InChI=1S/C23H33ClN2O3S/c1-4-25(5-2)30(28,29)21-12-19(7-8-20(21)24)22(27)26(6-3)23-13-16-9-17(14-23)11-18(10-16)15-23/h7-8,12,16-18H,4-6,9-11,13-15H2,1-3H3. The number of carbonyl (C=O) groups excluding carboxylic acids is 1. The Kier molecular flexibility index (Phi) is 5.97. The first-order chi connectivity index (χ1) is 14.2. The van der Waals surface area contributed by atoms with E-state index in [9.17, 15) is 13.2 Å². The van der Waals surface area contributed by atoms with E-state index in [4.69, 9.17) is 11.6 Å². The molecule has 0 atom stereocenters. The largest absolute Gasteiger partial charge is 0.333 e. The molecular formula is C23H33ClN2O3S. The normalized spacial score (nSPS) is 30.1. The second-order valence-electron chi connectivity index (χ2n) is 9.43. The van der Waals surface area contributed by atoms with Crippen LogP contribution in [0.25, 0.3) is 0 Å². The van der Waals surface area contributed by atoms with E-state index in [1.54, 1.807) is 26.0 Å². The molecule has 4 aliphatic carbocycles.